The Morgan fingerprint density at radius 3 is 1.96 bits per heavy atom. The summed E-state index contributed by atoms with van der Waals surface area (Å²) >= 11 is 6.22. The molecule has 6 nitrogen and oxygen atoms in total. The highest BCUT2D eigenvalue weighted by molar-refractivity contribution is 8.22. The molecule has 0 saturated heterocycles. The largest absolute Gasteiger partial charge is 0.443 e. The minimum absolute atomic E-state index is 0.0634. The molecule has 0 radical (unpaired) electrons. The lowest BCUT2D eigenvalue weighted by Gasteiger charge is -2.21. The minimum atomic E-state index is -0.804. The Labute approximate surface area is 161 Å². The first-order valence-corrected chi connectivity index (χ1v) is 9.29. The van der Waals surface area contributed by atoms with Crippen molar-refractivity contribution in [2.75, 3.05) is 6.26 Å². The zero-order valence-electron chi connectivity index (χ0n) is 14.1. The lowest BCUT2D eigenvalue weighted by Crippen LogP contribution is -2.48. The summed E-state index contributed by atoms with van der Waals surface area (Å²) in [7, 11) is 0. The molecule has 2 aromatic carbocycles. The van der Waals surface area contributed by atoms with Gasteiger partial charge in [-0.1, -0.05) is 84.6 Å². The number of carbonyl (C=O) groups is 2. The van der Waals surface area contributed by atoms with Crippen molar-refractivity contribution >= 4 is 40.5 Å². The van der Waals surface area contributed by atoms with Gasteiger partial charge in [0.25, 0.3) is 0 Å². The molecule has 0 aliphatic carbocycles. The first kappa shape index (κ1) is 19.7. The summed E-state index contributed by atoms with van der Waals surface area (Å²) in [4.78, 5) is 24.2. The number of ether oxygens (including phenoxy) is 2. The Hall–Kier alpha value is -2.58. The smallest absolute Gasteiger partial charge is 0.435 e. The van der Waals surface area contributed by atoms with E-state index in [1.54, 1.807) is 6.26 Å². The highest BCUT2D eigenvalue weighted by Crippen LogP contribution is 2.08. The third-order valence-corrected chi connectivity index (χ3v) is 4.38. The second-order valence-electron chi connectivity index (χ2n) is 5.02. The molecule has 0 atom stereocenters. The maximum Gasteiger partial charge on any atom is 0.435 e. The molecule has 136 valence electrons. The molecule has 0 saturated carbocycles. The van der Waals surface area contributed by atoms with Gasteiger partial charge in [-0.25, -0.2) is 15.0 Å². The van der Waals surface area contributed by atoms with E-state index in [0.29, 0.717) is 0 Å². The average Bonchev–Trinajstić information content (AvgIpc) is 2.69. The lowest BCUT2D eigenvalue weighted by atomic mass is 10.2. The van der Waals surface area contributed by atoms with Gasteiger partial charge in [0.2, 0.25) is 0 Å². The van der Waals surface area contributed by atoms with Crippen LogP contribution in [0.2, 0.25) is 0 Å². The molecule has 0 aliphatic heterocycles. The van der Waals surface area contributed by atoms with E-state index >= 15 is 0 Å². The summed E-state index contributed by atoms with van der Waals surface area (Å²) in [5, 5.41) is 0.857. The molecule has 0 bridgehead atoms. The van der Waals surface area contributed by atoms with E-state index in [9.17, 15) is 9.59 Å². The fourth-order valence-corrected chi connectivity index (χ4v) is 2.31. The number of benzene rings is 2. The molecule has 2 aromatic rings. The van der Waals surface area contributed by atoms with Gasteiger partial charge in [0.05, 0.1) is 0 Å². The van der Waals surface area contributed by atoms with Crippen LogP contribution in [0, 0.1) is 0 Å². The third-order valence-electron chi connectivity index (χ3n) is 3.16. The SMILES string of the molecule is CSC(=S)N(NC(=O)OCc1ccccc1)C(=O)OCc1ccccc1. The van der Waals surface area contributed by atoms with Crippen LogP contribution in [0.25, 0.3) is 0 Å². The molecule has 2 rings (SSSR count). The van der Waals surface area contributed by atoms with E-state index in [4.69, 9.17) is 21.7 Å². The van der Waals surface area contributed by atoms with Crippen LogP contribution >= 0.6 is 24.0 Å². The second kappa shape index (κ2) is 10.4. The van der Waals surface area contributed by atoms with Gasteiger partial charge in [-0.15, -0.1) is 0 Å². The van der Waals surface area contributed by atoms with Gasteiger partial charge >= 0.3 is 12.2 Å². The average molecular weight is 390 g/mol. The highest BCUT2D eigenvalue weighted by Gasteiger charge is 2.22. The zero-order valence-corrected chi connectivity index (χ0v) is 15.7. The molecule has 1 N–H and O–H groups in total. The molecule has 8 heteroatoms. The Morgan fingerprint density at radius 1 is 0.962 bits per heavy atom. The molecular formula is C18H18N2O4S2. The third kappa shape index (κ3) is 6.38. The predicted molar refractivity (Wildman–Crippen MR) is 104 cm³/mol. The van der Waals surface area contributed by atoms with Gasteiger partial charge in [-0.2, -0.15) is 5.01 Å². The summed E-state index contributed by atoms with van der Waals surface area (Å²) in [5.41, 5.74) is 3.96. The van der Waals surface area contributed by atoms with E-state index in [0.717, 1.165) is 27.9 Å². The van der Waals surface area contributed by atoms with E-state index < -0.39 is 12.2 Å². The van der Waals surface area contributed by atoms with Gasteiger partial charge in [0.1, 0.15) is 13.2 Å². The molecular weight excluding hydrogens is 372 g/mol. The summed E-state index contributed by atoms with van der Waals surface area (Å²) in [6, 6.07) is 18.4. The number of hydrogen-bond acceptors (Lipinski definition) is 6. The van der Waals surface area contributed by atoms with Crippen molar-refractivity contribution in [2.45, 2.75) is 13.2 Å². The number of rotatable bonds is 4. The monoisotopic (exact) mass is 390 g/mol. The molecule has 0 heterocycles. The normalized spacial score (nSPS) is 9.88. The van der Waals surface area contributed by atoms with E-state index in [1.165, 1.54) is 0 Å². The Balaban J connectivity index is 1.90. The van der Waals surface area contributed by atoms with E-state index in [2.05, 4.69) is 5.43 Å². The lowest BCUT2D eigenvalue weighted by molar-refractivity contribution is 0.0897. The topological polar surface area (TPSA) is 67.9 Å². The Kier molecular flexibility index (Phi) is 7.91. The zero-order chi connectivity index (χ0) is 18.8. The van der Waals surface area contributed by atoms with Crippen molar-refractivity contribution in [3.8, 4) is 0 Å². The summed E-state index contributed by atoms with van der Waals surface area (Å²) < 4.78 is 10.4. The van der Waals surface area contributed by atoms with Crippen molar-refractivity contribution < 1.29 is 19.1 Å². The van der Waals surface area contributed by atoms with Crippen molar-refractivity contribution in [2.24, 2.45) is 0 Å². The van der Waals surface area contributed by atoms with Gasteiger partial charge in [0.15, 0.2) is 4.32 Å². The van der Waals surface area contributed by atoms with Crippen molar-refractivity contribution in [3.63, 3.8) is 0 Å². The highest BCUT2D eigenvalue weighted by atomic mass is 32.2. The van der Waals surface area contributed by atoms with Gasteiger partial charge < -0.3 is 9.47 Å². The summed E-state index contributed by atoms with van der Waals surface area (Å²) in [6.07, 6.45) is 0.100. The van der Waals surface area contributed by atoms with Crippen molar-refractivity contribution in [1.82, 2.24) is 10.4 Å². The van der Waals surface area contributed by atoms with Crippen LogP contribution in [0.5, 0.6) is 0 Å². The number of hydrazine groups is 1. The molecule has 0 fully saturated rings. The molecule has 0 unspecified atom stereocenters. The van der Waals surface area contributed by atoms with Crippen LogP contribution in [0.4, 0.5) is 9.59 Å². The fraction of sp³-hybridized carbons (Fsp3) is 0.167. The number of thioether (sulfide) groups is 1. The summed E-state index contributed by atoms with van der Waals surface area (Å²) in [5.74, 6) is 0. The molecule has 26 heavy (non-hydrogen) atoms. The molecule has 0 aliphatic rings. The molecule has 0 aromatic heterocycles. The number of nitrogens with one attached hydrogen (secondary N) is 1. The maximum absolute atomic E-state index is 12.3. The number of thiocarbonyl (C=S) groups is 1. The molecule has 0 spiro atoms. The van der Waals surface area contributed by atoms with Crippen LogP contribution in [0.3, 0.4) is 0 Å². The van der Waals surface area contributed by atoms with Gasteiger partial charge in [0, 0.05) is 0 Å². The maximum atomic E-state index is 12.3. The van der Waals surface area contributed by atoms with Crippen LogP contribution in [0.15, 0.2) is 60.7 Å². The van der Waals surface area contributed by atoms with Gasteiger partial charge in [-0.05, 0) is 17.4 Å². The number of nitrogens with zero attached hydrogens (tertiary/aromatic N) is 1. The standard InChI is InChI=1S/C18H18N2O4S2/c1-26-18(25)20(17(22)24-13-15-10-6-3-7-11-15)19-16(21)23-12-14-8-4-2-5-9-14/h2-11H,12-13H2,1H3,(H,19,21). The quantitative estimate of drug-likeness (QED) is 0.626. The fourth-order valence-electron chi connectivity index (χ4n) is 1.89. The number of hydrogen-bond donors (Lipinski definition) is 1. The predicted octanol–water partition coefficient (Wildman–Crippen LogP) is 4.11. The first-order valence-electron chi connectivity index (χ1n) is 7.66. The Morgan fingerprint density at radius 2 is 1.46 bits per heavy atom. The minimum Gasteiger partial charge on any atom is -0.443 e. The van der Waals surface area contributed by atoms with E-state index in [1.807, 2.05) is 60.7 Å². The van der Waals surface area contributed by atoms with E-state index in [-0.39, 0.29) is 17.5 Å². The van der Waals surface area contributed by atoms with Crippen LogP contribution in [-0.2, 0) is 22.7 Å². The molecule has 2 amide bonds. The number of amides is 2. The van der Waals surface area contributed by atoms with Crippen molar-refractivity contribution in [3.05, 3.63) is 71.8 Å². The van der Waals surface area contributed by atoms with Crippen LogP contribution in [0.1, 0.15) is 11.1 Å². The summed E-state index contributed by atoms with van der Waals surface area (Å²) in [6.45, 7) is 0.138. The van der Waals surface area contributed by atoms with Crippen LogP contribution in [-0.4, -0.2) is 27.8 Å². The van der Waals surface area contributed by atoms with Crippen LogP contribution < -0.4 is 5.43 Å². The Bertz CT molecular complexity index is 741. The first-order chi connectivity index (χ1) is 12.6. The van der Waals surface area contributed by atoms with Crippen molar-refractivity contribution in [1.29, 1.82) is 0 Å². The number of carbonyl (C=O) groups excluding carboxylic acids is 2. The van der Waals surface area contributed by atoms with Gasteiger partial charge in [-0.3, -0.25) is 0 Å². The second-order valence-corrected chi connectivity index (χ2v) is 6.46.